The number of rotatable bonds is 3. The first kappa shape index (κ1) is 12.1. The molecular weight excluding hydrogens is 262 g/mol. The van der Waals surface area contributed by atoms with E-state index in [0.717, 1.165) is 11.4 Å². The molecule has 3 aromatic heterocycles. The van der Waals surface area contributed by atoms with Crippen LogP contribution in [0.1, 0.15) is 27.8 Å². The maximum absolute atomic E-state index is 11.9. The number of carbonyl (C=O) groups excluding carboxylic acids is 1. The first-order valence-electron chi connectivity index (χ1n) is 5.85. The quantitative estimate of drug-likeness (QED) is 0.638. The molecule has 3 heterocycles. The van der Waals surface area contributed by atoms with Crippen molar-refractivity contribution >= 4 is 11.7 Å². The van der Waals surface area contributed by atoms with Gasteiger partial charge in [0.05, 0.1) is 6.54 Å². The van der Waals surface area contributed by atoms with Crippen molar-refractivity contribution in [2.75, 3.05) is 0 Å². The van der Waals surface area contributed by atoms with Crippen LogP contribution in [0.25, 0.3) is 5.78 Å². The summed E-state index contributed by atoms with van der Waals surface area (Å²) in [6.07, 6.45) is 0. The van der Waals surface area contributed by atoms with Crippen molar-refractivity contribution < 1.29 is 4.79 Å². The molecule has 102 valence electrons. The van der Waals surface area contributed by atoms with E-state index in [0.29, 0.717) is 11.6 Å². The van der Waals surface area contributed by atoms with Crippen LogP contribution in [0, 0.1) is 13.8 Å². The molecule has 3 aromatic rings. The molecule has 0 atom stereocenters. The lowest BCUT2D eigenvalue weighted by Crippen LogP contribution is -2.24. The average Bonchev–Trinajstić information content (AvgIpc) is 3.04. The number of H-pyrrole nitrogens is 1. The van der Waals surface area contributed by atoms with Crippen LogP contribution in [0.3, 0.4) is 0 Å². The molecule has 2 N–H and O–H groups in total. The normalized spacial score (nSPS) is 10.9. The minimum Gasteiger partial charge on any atom is -0.342 e. The van der Waals surface area contributed by atoms with Gasteiger partial charge >= 0.3 is 0 Å². The molecule has 0 radical (unpaired) electrons. The van der Waals surface area contributed by atoms with Gasteiger partial charge in [0.2, 0.25) is 5.82 Å². The lowest BCUT2D eigenvalue weighted by molar-refractivity contribution is 0.0939. The summed E-state index contributed by atoms with van der Waals surface area (Å²) in [5.74, 6) is 0.409. The summed E-state index contributed by atoms with van der Waals surface area (Å²) in [5, 5.41) is 19.9. The zero-order valence-corrected chi connectivity index (χ0v) is 10.8. The van der Waals surface area contributed by atoms with Gasteiger partial charge in [0, 0.05) is 11.4 Å². The van der Waals surface area contributed by atoms with E-state index in [-0.39, 0.29) is 12.4 Å². The lowest BCUT2D eigenvalue weighted by Gasteiger charge is -1.97. The van der Waals surface area contributed by atoms with E-state index in [4.69, 9.17) is 0 Å². The zero-order valence-electron chi connectivity index (χ0n) is 10.8. The van der Waals surface area contributed by atoms with Crippen LogP contribution >= 0.6 is 0 Å². The van der Waals surface area contributed by atoms with Gasteiger partial charge in [-0.2, -0.15) is 10.2 Å². The fraction of sp³-hybridized carbons (Fsp3) is 0.300. The molecule has 3 rings (SSSR count). The van der Waals surface area contributed by atoms with Crippen molar-refractivity contribution in [1.29, 1.82) is 0 Å². The number of tetrazole rings is 1. The standard InChI is InChI=1S/C10H11N9O/c1-5-3-6(2)19-10(12-5)13-8(16-19)9(20)11-4-7-14-17-18-15-7/h3H,4H2,1-2H3,(H,11,20)(H,14,15,17,18). The summed E-state index contributed by atoms with van der Waals surface area (Å²) in [4.78, 5) is 20.3. The van der Waals surface area contributed by atoms with Crippen LogP contribution in [0.4, 0.5) is 0 Å². The van der Waals surface area contributed by atoms with Crippen LogP contribution < -0.4 is 5.32 Å². The van der Waals surface area contributed by atoms with Crippen molar-refractivity contribution in [2.24, 2.45) is 0 Å². The molecule has 10 heteroatoms. The number of nitrogens with one attached hydrogen (secondary N) is 2. The summed E-state index contributed by atoms with van der Waals surface area (Å²) in [5.41, 5.74) is 1.68. The number of amides is 1. The Bertz CT molecular complexity index is 760. The number of hydrogen-bond acceptors (Lipinski definition) is 7. The van der Waals surface area contributed by atoms with Crippen LogP contribution in [0.2, 0.25) is 0 Å². The Morgan fingerprint density at radius 3 is 3.00 bits per heavy atom. The summed E-state index contributed by atoms with van der Waals surface area (Å²) in [7, 11) is 0. The molecule has 10 nitrogen and oxygen atoms in total. The number of aromatic amines is 1. The molecule has 0 aromatic carbocycles. The highest BCUT2D eigenvalue weighted by Gasteiger charge is 2.15. The molecule has 0 spiro atoms. The van der Waals surface area contributed by atoms with Crippen molar-refractivity contribution in [1.82, 2.24) is 45.5 Å². The van der Waals surface area contributed by atoms with Gasteiger partial charge in [0.1, 0.15) is 0 Å². The van der Waals surface area contributed by atoms with Crippen molar-refractivity contribution in [3.8, 4) is 0 Å². The van der Waals surface area contributed by atoms with Crippen LogP contribution in [-0.2, 0) is 6.54 Å². The maximum atomic E-state index is 11.9. The second-order valence-electron chi connectivity index (χ2n) is 4.20. The predicted molar refractivity (Wildman–Crippen MR) is 65.6 cm³/mol. The van der Waals surface area contributed by atoms with Crippen molar-refractivity contribution in [3.05, 3.63) is 29.1 Å². The first-order valence-corrected chi connectivity index (χ1v) is 5.85. The third-order valence-corrected chi connectivity index (χ3v) is 2.62. The largest absolute Gasteiger partial charge is 0.342 e. The molecule has 1 amide bonds. The average molecular weight is 273 g/mol. The Labute approximate surface area is 112 Å². The number of aromatic nitrogens is 8. The molecule has 0 fully saturated rings. The Kier molecular flexibility index (Phi) is 2.82. The maximum Gasteiger partial charge on any atom is 0.291 e. The Balaban J connectivity index is 1.83. The molecular formula is C10H11N9O. The third kappa shape index (κ3) is 2.18. The monoisotopic (exact) mass is 273 g/mol. The fourth-order valence-electron chi connectivity index (χ4n) is 1.76. The first-order chi connectivity index (χ1) is 9.63. The number of hydrogen-bond donors (Lipinski definition) is 2. The van der Waals surface area contributed by atoms with E-state index in [9.17, 15) is 4.79 Å². The van der Waals surface area contributed by atoms with Gasteiger partial charge in [-0.05, 0) is 19.9 Å². The van der Waals surface area contributed by atoms with Gasteiger partial charge in [-0.25, -0.2) is 9.50 Å². The van der Waals surface area contributed by atoms with E-state index < -0.39 is 5.91 Å². The molecule has 0 bridgehead atoms. The van der Waals surface area contributed by atoms with Gasteiger partial charge in [0.15, 0.2) is 5.82 Å². The summed E-state index contributed by atoms with van der Waals surface area (Å²) in [6.45, 7) is 3.88. The number of carbonyl (C=O) groups is 1. The van der Waals surface area contributed by atoms with Crippen LogP contribution in [0.15, 0.2) is 6.07 Å². The lowest BCUT2D eigenvalue weighted by atomic mass is 10.4. The van der Waals surface area contributed by atoms with Gasteiger partial charge in [-0.1, -0.05) is 5.21 Å². The molecule has 0 aliphatic rings. The minimum absolute atomic E-state index is 0.0506. The Morgan fingerprint density at radius 1 is 1.40 bits per heavy atom. The van der Waals surface area contributed by atoms with Gasteiger partial charge in [0.25, 0.3) is 11.7 Å². The van der Waals surface area contributed by atoms with E-state index in [1.54, 1.807) is 0 Å². The van der Waals surface area contributed by atoms with E-state index in [1.807, 2.05) is 19.9 Å². The third-order valence-electron chi connectivity index (χ3n) is 2.62. The Hall–Kier alpha value is -2.91. The van der Waals surface area contributed by atoms with Crippen LogP contribution in [-0.4, -0.2) is 46.1 Å². The summed E-state index contributed by atoms with van der Waals surface area (Å²) >= 11 is 0. The SMILES string of the molecule is Cc1cc(C)n2nc(C(=O)NCc3nn[nH]n3)nc2n1. The molecule has 0 aliphatic heterocycles. The number of nitrogens with zero attached hydrogens (tertiary/aromatic N) is 7. The van der Waals surface area contributed by atoms with Crippen molar-refractivity contribution in [2.45, 2.75) is 20.4 Å². The topological polar surface area (TPSA) is 127 Å². The molecule has 0 aliphatic carbocycles. The van der Waals surface area contributed by atoms with E-state index >= 15 is 0 Å². The molecule has 20 heavy (non-hydrogen) atoms. The molecule has 0 unspecified atom stereocenters. The van der Waals surface area contributed by atoms with Gasteiger partial charge in [-0.3, -0.25) is 4.79 Å². The highest BCUT2D eigenvalue weighted by molar-refractivity contribution is 5.90. The summed E-state index contributed by atoms with van der Waals surface area (Å²) in [6, 6.07) is 1.86. The summed E-state index contributed by atoms with van der Waals surface area (Å²) < 4.78 is 1.52. The second-order valence-corrected chi connectivity index (χ2v) is 4.20. The highest BCUT2D eigenvalue weighted by Crippen LogP contribution is 2.05. The second kappa shape index (κ2) is 4.64. The smallest absolute Gasteiger partial charge is 0.291 e. The molecule has 0 saturated carbocycles. The Morgan fingerprint density at radius 2 is 2.25 bits per heavy atom. The van der Waals surface area contributed by atoms with Gasteiger partial charge < -0.3 is 5.32 Å². The molecule has 0 saturated heterocycles. The zero-order chi connectivity index (χ0) is 14.1. The minimum atomic E-state index is -0.419. The number of fused-ring (bicyclic) bond motifs is 1. The van der Waals surface area contributed by atoms with Gasteiger partial charge in [-0.15, -0.1) is 15.3 Å². The van der Waals surface area contributed by atoms with Crippen molar-refractivity contribution in [3.63, 3.8) is 0 Å². The number of aryl methyl sites for hydroxylation is 2. The van der Waals surface area contributed by atoms with E-state index in [2.05, 4.69) is 41.0 Å². The fourth-order valence-corrected chi connectivity index (χ4v) is 1.76. The van der Waals surface area contributed by atoms with Crippen LogP contribution in [0.5, 0.6) is 0 Å². The predicted octanol–water partition coefficient (Wildman–Crippen LogP) is -0.816. The van der Waals surface area contributed by atoms with E-state index in [1.165, 1.54) is 4.52 Å². The highest BCUT2D eigenvalue weighted by atomic mass is 16.2.